The molecule has 1 aliphatic heterocycles. The molecule has 2 aromatic carbocycles. The molecular weight excluding hydrogens is 500 g/mol. The number of aliphatic hydroxyl groups excluding tert-OH is 1. The van der Waals surface area contributed by atoms with Gasteiger partial charge in [-0.05, 0) is 86.7 Å². The van der Waals surface area contributed by atoms with Crippen LogP contribution in [0.15, 0.2) is 48.7 Å². The number of carbonyl (C=O) groups is 1. The topological polar surface area (TPSA) is 56.7 Å². The number of carbonyl (C=O) groups excluding carboxylic acids is 1. The molecule has 36 heavy (non-hydrogen) atoms. The van der Waals surface area contributed by atoms with Crippen molar-refractivity contribution in [3.63, 3.8) is 0 Å². The van der Waals surface area contributed by atoms with Crippen molar-refractivity contribution < 1.29 is 14.3 Å². The number of aliphatic hydroxyl groups is 1. The van der Waals surface area contributed by atoms with Gasteiger partial charge in [0.2, 0.25) is 5.91 Å². The summed E-state index contributed by atoms with van der Waals surface area (Å²) in [6, 6.07) is 11.7. The van der Waals surface area contributed by atoms with Crippen molar-refractivity contribution in [2.24, 2.45) is 0 Å². The molecule has 1 saturated heterocycles. The number of halogens is 3. The normalized spacial score (nSPS) is 15.9. The quantitative estimate of drug-likeness (QED) is 0.401. The zero-order valence-corrected chi connectivity index (χ0v) is 22.4. The van der Waals surface area contributed by atoms with E-state index in [1.165, 1.54) is 12.1 Å². The molecule has 1 aliphatic rings. The number of rotatable bonds is 6. The molecule has 4 rings (SSSR count). The van der Waals surface area contributed by atoms with Gasteiger partial charge in [0.05, 0.1) is 29.9 Å². The summed E-state index contributed by atoms with van der Waals surface area (Å²) in [6.45, 7) is 6.33. The molecule has 1 amide bonds. The Hall–Kier alpha value is -2.67. The summed E-state index contributed by atoms with van der Waals surface area (Å²) >= 11 is 12.4. The van der Waals surface area contributed by atoms with E-state index in [1.54, 1.807) is 42.4 Å². The first-order valence-electron chi connectivity index (χ1n) is 11.9. The highest BCUT2D eigenvalue weighted by Crippen LogP contribution is 2.39. The third kappa shape index (κ3) is 5.08. The van der Waals surface area contributed by atoms with Crippen LogP contribution in [0.1, 0.15) is 37.8 Å². The number of aryl methyl sites for hydroxylation is 1. The number of hydrogen-bond acceptors (Lipinski definition) is 4. The average Bonchev–Trinajstić information content (AvgIpc) is 3.31. The fourth-order valence-electron chi connectivity index (χ4n) is 4.90. The molecule has 190 valence electrons. The van der Waals surface area contributed by atoms with E-state index in [1.807, 2.05) is 26.8 Å². The van der Waals surface area contributed by atoms with E-state index in [4.69, 9.17) is 23.2 Å². The zero-order valence-electron chi connectivity index (χ0n) is 20.9. The summed E-state index contributed by atoms with van der Waals surface area (Å²) < 4.78 is 13.9. The molecule has 0 spiro atoms. The maximum atomic E-state index is 13.9. The van der Waals surface area contributed by atoms with Gasteiger partial charge in [0.15, 0.2) is 0 Å². The van der Waals surface area contributed by atoms with Crippen molar-refractivity contribution in [2.45, 2.75) is 45.1 Å². The number of hydrogen-bond donors (Lipinski definition) is 1. The second-order valence-electron chi connectivity index (χ2n) is 9.84. The standard InChI is InChI=1S/C28H30Cl2FN3O2/c1-17-10-21(31)7-8-23(17)24-14-26(34-9-5-6-22(34)16-35)32-15-25(24)33(4)27(36)28(2,3)18-11-19(29)13-20(30)12-18/h7-8,10-15,22,35H,5-6,9,16H2,1-4H3/t22-/m0/s1. The van der Waals surface area contributed by atoms with Crippen LogP contribution in [0, 0.1) is 12.7 Å². The van der Waals surface area contributed by atoms with Crippen molar-refractivity contribution in [1.82, 2.24) is 4.98 Å². The van der Waals surface area contributed by atoms with Crippen LogP contribution in [-0.4, -0.2) is 42.2 Å². The van der Waals surface area contributed by atoms with Gasteiger partial charge in [-0.2, -0.15) is 0 Å². The number of pyridine rings is 1. The molecular formula is C28H30Cl2FN3O2. The number of benzene rings is 2. The predicted octanol–water partition coefficient (Wildman–Crippen LogP) is 6.40. The molecule has 0 saturated carbocycles. The summed E-state index contributed by atoms with van der Waals surface area (Å²) in [5.74, 6) is 0.219. The highest BCUT2D eigenvalue weighted by Gasteiger charge is 2.35. The molecule has 3 aromatic rings. The van der Waals surface area contributed by atoms with Crippen molar-refractivity contribution in [3.05, 3.63) is 75.7 Å². The molecule has 5 nitrogen and oxygen atoms in total. The van der Waals surface area contributed by atoms with Gasteiger partial charge in [-0.25, -0.2) is 9.37 Å². The van der Waals surface area contributed by atoms with Gasteiger partial charge >= 0.3 is 0 Å². The zero-order chi connectivity index (χ0) is 26.2. The van der Waals surface area contributed by atoms with Crippen molar-refractivity contribution >= 4 is 40.6 Å². The Morgan fingerprint density at radius 2 is 1.86 bits per heavy atom. The van der Waals surface area contributed by atoms with Crippen LogP contribution in [0.2, 0.25) is 10.0 Å². The van der Waals surface area contributed by atoms with Gasteiger partial charge in [-0.1, -0.05) is 29.3 Å². The van der Waals surface area contributed by atoms with E-state index in [-0.39, 0.29) is 24.4 Å². The highest BCUT2D eigenvalue weighted by atomic mass is 35.5. The Morgan fingerprint density at radius 1 is 1.17 bits per heavy atom. The molecule has 0 aliphatic carbocycles. The molecule has 1 fully saturated rings. The average molecular weight is 530 g/mol. The fraction of sp³-hybridized carbons (Fsp3) is 0.357. The van der Waals surface area contributed by atoms with Gasteiger partial charge < -0.3 is 14.9 Å². The van der Waals surface area contributed by atoms with E-state index in [9.17, 15) is 14.3 Å². The minimum Gasteiger partial charge on any atom is -0.394 e. The molecule has 0 unspecified atom stereocenters. The van der Waals surface area contributed by atoms with E-state index in [0.29, 0.717) is 21.3 Å². The minimum atomic E-state index is -0.936. The van der Waals surface area contributed by atoms with Crippen LogP contribution in [0.4, 0.5) is 15.9 Å². The van der Waals surface area contributed by atoms with Crippen LogP contribution in [-0.2, 0) is 10.2 Å². The summed E-state index contributed by atoms with van der Waals surface area (Å²) in [6.07, 6.45) is 3.53. The summed E-state index contributed by atoms with van der Waals surface area (Å²) in [5.41, 5.74) is 2.67. The molecule has 1 aromatic heterocycles. The smallest absolute Gasteiger partial charge is 0.236 e. The highest BCUT2D eigenvalue weighted by molar-refractivity contribution is 6.34. The van der Waals surface area contributed by atoms with Crippen LogP contribution in [0.25, 0.3) is 11.1 Å². The van der Waals surface area contributed by atoms with E-state index in [2.05, 4.69) is 9.88 Å². The molecule has 0 bridgehead atoms. The number of anilines is 2. The molecule has 1 N–H and O–H groups in total. The Kier molecular flexibility index (Phi) is 7.60. The van der Waals surface area contributed by atoms with E-state index in [0.717, 1.165) is 41.9 Å². The van der Waals surface area contributed by atoms with Gasteiger partial charge in [0.25, 0.3) is 0 Å². The lowest BCUT2D eigenvalue weighted by molar-refractivity contribution is -0.122. The minimum absolute atomic E-state index is 0.00335. The van der Waals surface area contributed by atoms with Crippen LogP contribution < -0.4 is 9.80 Å². The van der Waals surface area contributed by atoms with Crippen LogP contribution in [0.5, 0.6) is 0 Å². The summed E-state index contributed by atoms with van der Waals surface area (Å²) in [4.78, 5) is 22.2. The van der Waals surface area contributed by atoms with Gasteiger partial charge in [-0.3, -0.25) is 4.79 Å². The van der Waals surface area contributed by atoms with Crippen LogP contribution >= 0.6 is 23.2 Å². The number of amides is 1. The summed E-state index contributed by atoms with van der Waals surface area (Å²) in [7, 11) is 1.71. The van der Waals surface area contributed by atoms with Crippen molar-refractivity contribution in [3.8, 4) is 11.1 Å². The van der Waals surface area contributed by atoms with Crippen molar-refractivity contribution in [2.75, 3.05) is 30.0 Å². The van der Waals surface area contributed by atoms with Crippen LogP contribution in [0.3, 0.4) is 0 Å². The first kappa shape index (κ1) is 26.4. The second kappa shape index (κ2) is 10.4. The van der Waals surface area contributed by atoms with E-state index < -0.39 is 5.41 Å². The fourth-order valence-corrected chi connectivity index (χ4v) is 5.43. The van der Waals surface area contributed by atoms with Crippen molar-refractivity contribution in [1.29, 1.82) is 0 Å². The van der Waals surface area contributed by atoms with Gasteiger partial charge in [-0.15, -0.1) is 0 Å². The molecule has 2 heterocycles. The molecule has 0 radical (unpaired) electrons. The Bertz CT molecular complexity index is 1280. The third-order valence-corrected chi connectivity index (χ3v) is 7.45. The Labute approximate surface area is 221 Å². The first-order valence-corrected chi connectivity index (χ1v) is 12.7. The summed E-state index contributed by atoms with van der Waals surface area (Å²) in [5, 5.41) is 10.7. The lowest BCUT2D eigenvalue weighted by Crippen LogP contribution is -2.42. The largest absolute Gasteiger partial charge is 0.394 e. The van der Waals surface area contributed by atoms with E-state index >= 15 is 0 Å². The lowest BCUT2D eigenvalue weighted by atomic mass is 9.83. The first-order chi connectivity index (χ1) is 17.0. The third-order valence-electron chi connectivity index (χ3n) is 7.01. The number of aromatic nitrogens is 1. The van der Waals surface area contributed by atoms with Gasteiger partial charge in [0.1, 0.15) is 11.6 Å². The maximum Gasteiger partial charge on any atom is 0.236 e. The Morgan fingerprint density at radius 3 is 2.50 bits per heavy atom. The molecule has 8 heteroatoms. The second-order valence-corrected chi connectivity index (χ2v) is 10.7. The van der Waals surface area contributed by atoms with Gasteiger partial charge in [0, 0.05) is 29.2 Å². The SMILES string of the molecule is Cc1cc(F)ccc1-c1cc(N2CCC[C@H]2CO)ncc1N(C)C(=O)C(C)(C)c1cc(Cl)cc(Cl)c1. The number of likely N-dealkylation sites (N-methyl/N-ethyl adjacent to an activating group) is 1. The lowest BCUT2D eigenvalue weighted by Gasteiger charge is -2.32. The number of nitrogens with zero attached hydrogens (tertiary/aromatic N) is 3. The molecule has 1 atom stereocenters. The maximum absolute atomic E-state index is 13.9. The monoisotopic (exact) mass is 529 g/mol. The predicted molar refractivity (Wildman–Crippen MR) is 145 cm³/mol. The Balaban J connectivity index is 1.81.